The minimum absolute atomic E-state index is 0.00825. The maximum Gasteiger partial charge on any atom is 0.407 e. The maximum absolute atomic E-state index is 13.1. The van der Waals surface area contributed by atoms with Gasteiger partial charge in [0.2, 0.25) is 5.91 Å². The smallest absolute Gasteiger partial charge is 0.407 e. The Morgan fingerprint density at radius 3 is 2.24 bits per heavy atom. The highest BCUT2D eigenvalue weighted by atomic mass is 16.5. The molecule has 0 heterocycles. The number of carboxylic acids is 1. The molecule has 2 saturated carbocycles. The number of hydrogen-bond acceptors (Lipinski definition) is 4. The van der Waals surface area contributed by atoms with Crippen LogP contribution in [0.2, 0.25) is 0 Å². The Bertz CT molecular complexity index is 1060. The average Bonchev–Trinajstić information content (AvgIpc) is 3.38. The first-order valence-electron chi connectivity index (χ1n) is 12.0. The third kappa shape index (κ3) is 4.04. The molecule has 3 aliphatic rings. The first-order chi connectivity index (χ1) is 16.4. The van der Waals surface area contributed by atoms with Crippen LogP contribution >= 0.6 is 0 Å². The molecule has 0 bridgehead atoms. The number of amides is 2. The number of hydrogen-bond donors (Lipinski definition) is 2. The number of carbonyl (C=O) groups is 3. The standard InChI is InChI=1S/C27H30N2O5/c1-29(17-13-16(14-17)26(31)32)25(30)22-11-6-12-24(22)28-27(33)34-15-23-20-9-4-2-7-18(20)19-8-3-5-10-21(19)23/h2-5,7-10,16-17,22-24H,6,11-15H2,1H3,(H,28,33)(H,31,32)/t16?,17?,22-,24+/m1/s1. The Morgan fingerprint density at radius 1 is 1.00 bits per heavy atom. The van der Waals surface area contributed by atoms with Gasteiger partial charge in [0.1, 0.15) is 6.61 Å². The number of nitrogens with one attached hydrogen (secondary N) is 1. The van der Waals surface area contributed by atoms with Crippen molar-refractivity contribution >= 4 is 18.0 Å². The quantitative estimate of drug-likeness (QED) is 0.676. The van der Waals surface area contributed by atoms with Crippen LogP contribution in [-0.4, -0.2) is 53.7 Å². The van der Waals surface area contributed by atoms with E-state index in [1.165, 1.54) is 11.1 Å². The Hall–Kier alpha value is -3.35. The van der Waals surface area contributed by atoms with Crippen LogP contribution in [0.25, 0.3) is 11.1 Å². The third-order valence-corrected chi connectivity index (χ3v) is 7.84. The van der Waals surface area contributed by atoms with Crippen LogP contribution < -0.4 is 5.32 Å². The van der Waals surface area contributed by atoms with Crippen molar-refractivity contribution in [1.29, 1.82) is 0 Å². The van der Waals surface area contributed by atoms with E-state index in [4.69, 9.17) is 9.84 Å². The topological polar surface area (TPSA) is 95.9 Å². The SMILES string of the molecule is CN(C(=O)[C@@H]1CCC[C@@H]1NC(=O)OCC1c2ccccc2-c2ccccc21)C1CC(C(=O)O)C1. The molecule has 178 valence electrons. The van der Waals surface area contributed by atoms with Crippen molar-refractivity contribution in [2.24, 2.45) is 11.8 Å². The molecular formula is C27H30N2O5. The van der Waals surface area contributed by atoms with E-state index < -0.39 is 12.1 Å². The van der Waals surface area contributed by atoms with Crippen molar-refractivity contribution in [3.63, 3.8) is 0 Å². The summed E-state index contributed by atoms with van der Waals surface area (Å²) in [5.74, 6) is -1.48. The van der Waals surface area contributed by atoms with Crippen LogP contribution in [-0.2, 0) is 14.3 Å². The van der Waals surface area contributed by atoms with Crippen LogP contribution in [0.3, 0.4) is 0 Å². The highest BCUT2D eigenvalue weighted by Crippen LogP contribution is 2.44. The molecule has 0 spiro atoms. The van der Waals surface area contributed by atoms with Crippen molar-refractivity contribution in [3.05, 3.63) is 59.7 Å². The fourth-order valence-corrected chi connectivity index (χ4v) is 5.77. The first kappa shape index (κ1) is 22.4. The summed E-state index contributed by atoms with van der Waals surface area (Å²) in [4.78, 5) is 38.5. The van der Waals surface area contributed by atoms with Gasteiger partial charge in [-0.3, -0.25) is 9.59 Å². The highest BCUT2D eigenvalue weighted by molar-refractivity contribution is 5.82. The summed E-state index contributed by atoms with van der Waals surface area (Å²) in [7, 11) is 1.74. The van der Waals surface area contributed by atoms with E-state index in [0.29, 0.717) is 19.3 Å². The molecule has 0 radical (unpaired) electrons. The summed E-state index contributed by atoms with van der Waals surface area (Å²) >= 11 is 0. The second-order valence-electron chi connectivity index (χ2n) is 9.72. The number of aliphatic carboxylic acids is 1. The molecule has 5 rings (SSSR count). The maximum atomic E-state index is 13.1. The number of nitrogens with zero attached hydrogens (tertiary/aromatic N) is 1. The van der Waals surface area contributed by atoms with E-state index in [-0.39, 0.29) is 42.4 Å². The van der Waals surface area contributed by atoms with Gasteiger partial charge in [-0.05, 0) is 47.9 Å². The number of carboxylic acid groups (broad SMARTS) is 1. The number of fused-ring (bicyclic) bond motifs is 3. The van der Waals surface area contributed by atoms with Gasteiger partial charge in [0.25, 0.3) is 0 Å². The van der Waals surface area contributed by atoms with Gasteiger partial charge in [-0.2, -0.15) is 0 Å². The van der Waals surface area contributed by atoms with Gasteiger partial charge in [-0.25, -0.2) is 4.79 Å². The molecule has 2 aromatic carbocycles. The Kier molecular flexibility index (Phi) is 6.02. The summed E-state index contributed by atoms with van der Waals surface area (Å²) in [5, 5.41) is 12.0. The van der Waals surface area contributed by atoms with E-state index in [1.54, 1.807) is 11.9 Å². The summed E-state index contributed by atoms with van der Waals surface area (Å²) in [6, 6.07) is 16.1. The summed E-state index contributed by atoms with van der Waals surface area (Å²) < 4.78 is 5.67. The highest BCUT2D eigenvalue weighted by Gasteiger charge is 2.42. The minimum Gasteiger partial charge on any atom is -0.481 e. The number of alkyl carbamates (subject to hydrolysis) is 1. The first-order valence-corrected chi connectivity index (χ1v) is 12.0. The number of benzene rings is 2. The predicted molar refractivity (Wildman–Crippen MR) is 126 cm³/mol. The second-order valence-corrected chi connectivity index (χ2v) is 9.72. The van der Waals surface area contributed by atoms with Crippen molar-refractivity contribution < 1.29 is 24.2 Å². The zero-order valence-electron chi connectivity index (χ0n) is 19.3. The van der Waals surface area contributed by atoms with Gasteiger partial charge in [-0.15, -0.1) is 0 Å². The lowest BCUT2D eigenvalue weighted by Crippen LogP contribution is -2.52. The molecule has 34 heavy (non-hydrogen) atoms. The minimum atomic E-state index is -0.798. The number of ether oxygens (including phenoxy) is 1. The molecule has 2 fully saturated rings. The van der Waals surface area contributed by atoms with Gasteiger partial charge in [-0.1, -0.05) is 55.0 Å². The lowest BCUT2D eigenvalue weighted by atomic mass is 9.79. The molecule has 2 atom stereocenters. The fourth-order valence-electron chi connectivity index (χ4n) is 5.77. The molecular weight excluding hydrogens is 432 g/mol. The van der Waals surface area contributed by atoms with Crippen LogP contribution in [0.5, 0.6) is 0 Å². The largest absolute Gasteiger partial charge is 0.481 e. The van der Waals surface area contributed by atoms with Crippen LogP contribution in [0, 0.1) is 11.8 Å². The Morgan fingerprint density at radius 2 is 1.62 bits per heavy atom. The fraction of sp³-hybridized carbons (Fsp3) is 0.444. The molecule has 0 unspecified atom stereocenters. The average molecular weight is 463 g/mol. The molecule has 0 aliphatic heterocycles. The molecule has 2 aromatic rings. The van der Waals surface area contributed by atoms with Crippen LogP contribution in [0.4, 0.5) is 4.79 Å². The molecule has 2 amide bonds. The van der Waals surface area contributed by atoms with Crippen molar-refractivity contribution in [2.45, 2.75) is 50.1 Å². The lowest BCUT2D eigenvalue weighted by Gasteiger charge is -2.40. The van der Waals surface area contributed by atoms with Gasteiger partial charge < -0.3 is 20.1 Å². The molecule has 3 aliphatic carbocycles. The van der Waals surface area contributed by atoms with E-state index in [2.05, 4.69) is 29.6 Å². The van der Waals surface area contributed by atoms with Gasteiger partial charge in [0, 0.05) is 25.0 Å². The van der Waals surface area contributed by atoms with Crippen LogP contribution in [0.1, 0.15) is 49.1 Å². The van der Waals surface area contributed by atoms with Gasteiger partial charge in [0.05, 0.1) is 11.8 Å². The second kappa shape index (κ2) is 9.12. The van der Waals surface area contributed by atoms with Crippen LogP contribution in [0.15, 0.2) is 48.5 Å². The zero-order valence-corrected chi connectivity index (χ0v) is 19.3. The van der Waals surface area contributed by atoms with Gasteiger partial charge >= 0.3 is 12.1 Å². The predicted octanol–water partition coefficient (Wildman–Crippen LogP) is 4.02. The normalized spacial score (nSPS) is 25.1. The molecule has 2 N–H and O–H groups in total. The van der Waals surface area contributed by atoms with E-state index in [0.717, 1.165) is 24.0 Å². The Labute approximate surface area is 199 Å². The molecule has 7 nitrogen and oxygen atoms in total. The summed E-state index contributed by atoms with van der Waals surface area (Å²) in [6.07, 6.45) is 2.80. The lowest BCUT2D eigenvalue weighted by molar-refractivity contribution is -0.151. The molecule has 0 aromatic heterocycles. The van der Waals surface area contributed by atoms with Crippen molar-refractivity contribution in [1.82, 2.24) is 10.2 Å². The summed E-state index contributed by atoms with van der Waals surface area (Å²) in [6.45, 7) is 0.240. The summed E-state index contributed by atoms with van der Waals surface area (Å²) in [5.41, 5.74) is 4.68. The van der Waals surface area contributed by atoms with E-state index in [9.17, 15) is 14.4 Å². The molecule has 0 saturated heterocycles. The number of carbonyl (C=O) groups excluding carboxylic acids is 2. The van der Waals surface area contributed by atoms with Gasteiger partial charge in [0.15, 0.2) is 0 Å². The third-order valence-electron chi connectivity index (χ3n) is 7.84. The zero-order chi connectivity index (χ0) is 23.8. The van der Waals surface area contributed by atoms with E-state index >= 15 is 0 Å². The molecule has 7 heteroatoms. The van der Waals surface area contributed by atoms with Crippen molar-refractivity contribution in [2.75, 3.05) is 13.7 Å². The van der Waals surface area contributed by atoms with Crippen molar-refractivity contribution in [3.8, 4) is 11.1 Å². The Balaban J connectivity index is 1.18. The number of rotatable bonds is 6. The van der Waals surface area contributed by atoms with E-state index in [1.807, 2.05) is 24.3 Å². The monoisotopic (exact) mass is 462 g/mol.